The van der Waals surface area contributed by atoms with Gasteiger partial charge in [-0.05, 0) is 31.0 Å². The highest BCUT2D eigenvalue weighted by atomic mass is 16.6. The molecule has 0 spiro atoms. The summed E-state index contributed by atoms with van der Waals surface area (Å²) in [6.07, 6.45) is 7.02. The lowest BCUT2D eigenvalue weighted by Gasteiger charge is -2.43. The van der Waals surface area contributed by atoms with E-state index in [1.54, 1.807) is 31.8 Å². The van der Waals surface area contributed by atoms with Crippen LogP contribution in [0.5, 0.6) is 5.75 Å². The molecule has 9 nitrogen and oxygen atoms in total. The number of aromatic nitrogens is 2. The Bertz CT molecular complexity index is 1020. The molecule has 0 aromatic carbocycles. The summed E-state index contributed by atoms with van der Waals surface area (Å²) in [4.78, 5) is 25.9. The van der Waals surface area contributed by atoms with Gasteiger partial charge in [-0.25, -0.2) is 4.98 Å². The molecule has 2 bridgehead atoms. The standard InChI is InChI=1S/C23H25N5O4/c1-30-20-6-17(9-25-10-20)23(14-31-15-23)32-13-22(29)27-11-18-3-4-19(12-27)28(18)21-5-2-16(7-24)8-26-21/h2,5-6,8-10,18-19H,3-4,11-15H2,1H3. The Hall–Kier alpha value is -3.22. The maximum atomic E-state index is 13.0. The molecule has 3 fully saturated rings. The van der Waals surface area contributed by atoms with Crippen molar-refractivity contribution >= 4 is 11.7 Å². The van der Waals surface area contributed by atoms with Crippen molar-refractivity contribution in [2.24, 2.45) is 0 Å². The van der Waals surface area contributed by atoms with E-state index in [-0.39, 0.29) is 24.6 Å². The van der Waals surface area contributed by atoms with Crippen molar-refractivity contribution in [1.82, 2.24) is 14.9 Å². The number of anilines is 1. The lowest BCUT2D eigenvalue weighted by atomic mass is 9.93. The van der Waals surface area contributed by atoms with Crippen LogP contribution in [0.1, 0.15) is 24.0 Å². The van der Waals surface area contributed by atoms with Gasteiger partial charge in [0.2, 0.25) is 5.91 Å². The van der Waals surface area contributed by atoms with Gasteiger partial charge in [-0.15, -0.1) is 0 Å². The fourth-order valence-electron chi connectivity index (χ4n) is 4.78. The molecule has 3 saturated heterocycles. The van der Waals surface area contributed by atoms with Crippen molar-refractivity contribution in [2.75, 3.05) is 44.9 Å². The number of nitriles is 1. The van der Waals surface area contributed by atoms with E-state index in [4.69, 9.17) is 19.5 Å². The van der Waals surface area contributed by atoms with Crippen molar-refractivity contribution in [1.29, 1.82) is 5.26 Å². The van der Waals surface area contributed by atoms with Gasteiger partial charge < -0.3 is 24.0 Å². The summed E-state index contributed by atoms with van der Waals surface area (Å²) in [5.74, 6) is 1.50. The molecule has 9 heteroatoms. The van der Waals surface area contributed by atoms with Gasteiger partial charge in [0.05, 0.1) is 32.1 Å². The van der Waals surface area contributed by atoms with Gasteiger partial charge in [-0.2, -0.15) is 5.26 Å². The Morgan fingerprint density at radius 2 is 2.03 bits per heavy atom. The van der Waals surface area contributed by atoms with Crippen molar-refractivity contribution in [2.45, 2.75) is 30.5 Å². The Labute approximate surface area is 186 Å². The topological polar surface area (TPSA) is 101 Å². The number of ether oxygens (including phenoxy) is 3. The molecule has 32 heavy (non-hydrogen) atoms. The number of likely N-dealkylation sites (tertiary alicyclic amines) is 1. The van der Waals surface area contributed by atoms with Crippen molar-refractivity contribution in [3.05, 3.63) is 47.9 Å². The summed E-state index contributed by atoms with van der Waals surface area (Å²) < 4.78 is 16.8. The van der Waals surface area contributed by atoms with Crippen LogP contribution in [0.4, 0.5) is 5.82 Å². The van der Waals surface area contributed by atoms with Gasteiger partial charge in [0.1, 0.15) is 29.8 Å². The number of fused-ring (bicyclic) bond motifs is 2. The Morgan fingerprint density at radius 3 is 2.62 bits per heavy atom. The van der Waals surface area contributed by atoms with E-state index in [1.165, 1.54) is 0 Å². The molecule has 2 unspecified atom stereocenters. The number of carbonyl (C=O) groups excluding carboxylic acids is 1. The first-order chi connectivity index (χ1) is 15.6. The van der Waals surface area contributed by atoms with Crippen LogP contribution in [-0.2, 0) is 19.9 Å². The maximum absolute atomic E-state index is 13.0. The van der Waals surface area contributed by atoms with Gasteiger partial charge in [0.15, 0.2) is 0 Å². The molecule has 2 aromatic heterocycles. The third-order valence-corrected chi connectivity index (χ3v) is 6.59. The number of carbonyl (C=O) groups is 1. The summed E-state index contributed by atoms with van der Waals surface area (Å²) in [7, 11) is 1.59. The van der Waals surface area contributed by atoms with E-state index in [0.717, 1.165) is 24.2 Å². The highest BCUT2D eigenvalue weighted by molar-refractivity contribution is 5.78. The zero-order chi connectivity index (χ0) is 22.1. The van der Waals surface area contributed by atoms with Crippen LogP contribution in [0.25, 0.3) is 0 Å². The summed E-state index contributed by atoms with van der Waals surface area (Å²) in [5, 5.41) is 9.00. The molecule has 2 atom stereocenters. The predicted molar refractivity (Wildman–Crippen MR) is 114 cm³/mol. The predicted octanol–water partition coefficient (Wildman–Crippen LogP) is 1.48. The third-order valence-electron chi connectivity index (χ3n) is 6.59. The second-order valence-corrected chi connectivity index (χ2v) is 8.50. The SMILES string of the molecule is COc1cncc(C2(OCC(=O)N3CC4CCC(C3)N4c3ccc(C#N)cn3)COC2)c1. The summed E-state index contributed by atoms with van der Waals surface area (Å²) in [6.45, 7) is 2.06. The minimum atomic E-state index is -0.662. The number of methoxy groups -OCH3 is 1. The van der Waals surface area contributed by atoms with Gasteiger partial charge >= 0.3 is 0 Å². The van der Waals surface area contributed by atoms with Crippen molar-refractivity contribution in [3.8, 4) is 11.8 Å². The Morgan fingerprint density at radius 1 is 1.25 bits per heavy atom. The summed E-state index contributed by atoms with van der Waals surface area (Å²) in [6, 6.07) is 8.12. The number of rotatable bonds is 6. The number of amides is 1. The lowest BCUT2D eigenvalue weighted by molar-refractivity contribution is -0.218. The molecule has 1 amide bonds. The number of piperazine rings is 1. The zero-order valence-electron chi connectivity index (χ0n) is 17.9. The summed E-state index contributed by atoms with van der Waals surface area (Å²) in [5.41, 5.74) is 0.740. The highest BCUT2D eigenvalue weighted by Gasteiger charge is 2.45. The molecule has 3 aliphatic heterocycles. The largest absolute Gasteiger partial charge is 0.495 e. The molecule has 2 aromatic rings. The Balaban J connectivity index is 1.23. The van der Waals surface area contributed by atoms with Gasteiger partial charge in [0, 0.05) is 43.1 Å². The van der Waals surface area contributed by atoms with Crippen molar-refractivity contribution < 1.29 is 19.0 Å². The fraction of sp³-hybridized carbons (Fsp3) is 0.478. The van der Waals surface area contributed by atoms with Gasteiger partial charge in [0.25, 0.3) is 0 Å². The second-order valence-electron chi connectivity index (χ2n) is 8.50. The highest BCUT2D eigenvalue weighted by Crippen LogP contribution is 2.36. The molecule has 3 aliphatic rings. The molecule has 5 rings (SSSR count). The van der Waals surface area contributed by atoms with E-state index >= 15 is 0 Å². The normalized spacial score (nSPS) is 23.4. The average Bonchev–Trinajstić information content (AvgIpc) is 3.07. The van der Waals surface area contributed by atoms with Gasteiger partial charge in [-0.3, -0.25) is 9.78 Å². The van der Waals surface area contributed by atoms with Crippen LogP contribution in [0.15, 0.2) is 36.8 Å². The average molecular weight is 435 g/mol. The monoisotopic (exact) mass is 435 g/mol. The van der Waals surface area contributed by atoms with Crippen LogP contribution in [-0.4, -0.2) is 72.9 Å². The molecule has 5 heterocycles. The molecular weight excluding hydrogens is 410 g/mol. The van der Waals surface area contributed by atoms with Crippen LogP contribution < -0.4 is 9.64 Å². The Kier molecular flexibility index (Phi) is 5.41. The van der Waals surface area contributed by atoms with Gasteiger partial charge in [-0.1, -0.05) is 0 Å². The lowest BCUT2D eigenvalue weighted by Crippen LogP contribution is -2.57. The second kappa shape index (κ2) is 8.37. The minimum Gasteiger partial charge on any atom is -0.495 e. The zero-order valence-corrected chi connectivity index (χ0v) is 17.9. The molecule has 0 radical (unpaired) electrons. The quantitative estimate of drug-likeness (QED) is 0.673. The number of pyridine rings is 2. The first kappa shape index (κ1) is 20.7. The van der Waals surface area contributed by atoms with Crippen LogP contribution in [0, 0.1) is 11.3 Å². The number of nitrogens with zero attached hydrogens (tertiary/aromatic N) is 5. The first-order valence-corrected chi connectivity index (χ1v) is 10.8. The number of hydrogen-bond acceptors (Lipinski definition) is 8. The molecule has 0 N–H and O–H groups in total. The maximum Gasteiger partial charge on any atom is 0.248 e. The molecule has 0 aliphatic carbocycles. The van der Waals surface area contributed by atoms with E-state index in [2.05, 4.69) is 20.9 Å². The fourth-order valence-corrected chi connectivity index (χ4v) is 4.78. The van der Waals surface area contributed by atoms with E-state index < -0.39 is 5.60 Å². The van der Waals surface area contributed by atoms with Crippen LogP contribution in [0.3, 0.4) is 0 Å². The number of hydrogen-bond donors (Lipinski definition) is 0. The van der Waals surface area contributed by atoms with E-state index in [0.29, 0.717) is 37.6 Å². The van der Waals surface area contributed by atoms with Crippen LogP contribution >= 0.6 is 0 Å². The smallest absolute Gasteiger partial charge is 0.248 e. The van der Waals surface area contributed by atoms with Crippen LogP contribution in [0.2, 0.25) is 0 Å². The first-order valence-electron chi connectivity index (χ1n) is 10.8. The van der Waals surface area contributed by atoms with E-state index in [9.17, 15) is 4.79 Å². The summed E-state index contributed by atoms with van der Waals surface area (Å²) >= 11 is 0. The molecule has 166 valence electrons. The molecular formula is C23H25N5O4. The third kappa shape index (κ3) is 3.66. The minimum absolute atomic E-state index is 0.00484. The van der Waals surface area contributed by atoms with E-state index in [1.807, 2.05) is 17.0 Å². The van der Waals surface area contributed by atoms with Crippen molar-refractivity contribution in [3.63, 3.8) is 0 Å². The molecule has 0 saturated carbocycles.